The molecule has 1 fully saturated rings. The molecule has 1 amide bonds. The van der Waals surface area contributed by atoms with Crippen molar-refractivity contribution in [2.24, 2.45) is 0 Å². The summed E-state index contributed by atoms with van der Waals surface area (Å²) in [4.78, 5) is 12.1. The van der Waals surface area contributed by atoms with Crippen LogP contribution in [0, 0.1) is 0 Å². The summed E-state index contributed by atoms with van der Waals surface area (Å²) >= 11 is 0. The van der Waals surface area contributed by atoms with Crippen LogP contribution in [0.15, 0.2) is 24.3 Å². The molecule has 4 nitrogen and oxygen atoms in total. The number of amides is 1. The Bertz CT molecular complexity index is 504. The Hall–Kier alpha value is -1.39. The van der Waals surface area contributed by atoms with E-state index in [9.17, 15) is 9.90 Å². The quantitative estimate of drug-likeness (QED) is 0.898. The van der Waals surface area contributed by atoms with Crippen LogP contribution in [0.2, 0.25) is 0 Å². The summed E-state index contributed by atoms with van der Waals surface area (Å²) in [5.74, 6) is -0.164. The Morgan fingerprint density at radius 1 is 1.38 bits per heavy atom. The molecule has 2 unspecified atom stereocenters. The molecule has 0 aromatic heterocycles. The summed E-state index contributed by atoms with van der Waals surface area (Å²) in [6.45, 7) is 9.00. The highest BCUT2D eigenvalue weighted by Crippen LogP contribution is 2.25. The van der Waals surface area contributed by atoms with Crippen molar-refractivity contribution in [3.05, 3.63) is 35.4 Å². The highest BCUT2D eigenvalue weighted by molar-refractivity contribution is 5.94. The number of rotatable bonds is 3. The Kier molecular flexibility index (Phi) is 4.40. The van der Waals surface area contributed by atoms with E-state index in [0.717, 1.165) is 0 Å². The van der Waals surface area contributed by atoms with Gasteiger partial charge in [0.15, 0.2) is 0 Å². The lowest BCUT2D eigenvalue weighted by molar-refractivity contribution is -0.0251. The van der Waals surface area contributed by atoms with Crippen molar-refractivity contribution in [1.82, 2.24) is 5.32 Å². The predicted molar refractivity (Wildman–Crippen MR) is 82.5 cm³/mol. The van der Waals surface area contributed by atoms with Crippen LogP contribution in [0.1, 0.15) is 50.0 Å². The first kappa shape index (κ1) is 16.0. The average molecular weight is 291 g/mol. The van der Waals surface area contributed by atoms with Crippen molar-refractivity contribution in [1.29, 1.82) is 0 Å². The number of nitrogens with one attached hydrogen (secondary N) is 1. The lowest BCUT2D eigenvalue weighted by Gasteiger charge is -2.26. The van der Waals surface area contributed by atoms with E-state index in [-0.39, 0.29) is 24.0 Å². The molecule has 1 heterocycles. The molecule has 0 radical (unpaired) electrons. The normalized spacial score (nSPS) is 25.9. The standard InChI is InChI=1S/C17H25NO3/c1-12-17(20,9-10-21-12)11-18-15(19)13-5-7-14(8-6-13)16(2,3)4/h5-8,12,20H,9-11H2,1-4H3,(H,18,19). The molecule has 2 N–H and O–H groups in total. The predicted octanol–water partition coefficient (Wildman–Crippen LogP) is 2.25. The van der Waals surface area contributed by atoms with Crippen LogP contribution in [-0.4, -0.2) is 35.9 Å². The topological polar surface area (TPSA) is 58.6 Å². The third-order valence-electron chi connectivity index (χ3n) is 4.23. The van der Waals surface area contributed by atoms with Crippen LogP contribution in [0.4, 0.5) is 0 Å². The van der Waals surface area contributed by atoms with Gasteiger partial charge < -0.3 is 15.2 Å². The summed E-state index contributed by atoms with van der Waals surface area (Å²) in [5, 5.41) is 13.2. The number of carbonyl (C=O) groups is 1. The molecule has 0 saturated carbocycles. The molecule has 1 aliphatic rings. The van der Waals surface area contributed by atoms with Gasteiger partial charge in [-0.3, -0.25) is 4.79 Å². The van der Waals surface area contributed by atoms with Gasteiger partial charge in [-0.25, -0.2) is 0 Å². The highest BCUT2D eigenvalue weighted by Gasteiger charge is 2.39. The molecule has 21 heavy (non-hydrogen) atoms. The van der Waals surface area contributed by atoms with Crippen LogP contribution < -0.4 is 5.32 Å². The van der Waals surface area contributed by atoms with Crippen LogP contribution in [-0.2, 0) is 10.2 Å². The maximum atomic E-state index is 12.1. The fourth-order valence-electron chi connectivity index (χ4n) is 2.46. The Labute approximate surface area is 126 Å². The van der Waals surface area contributed by atoms with Gasteiger partial charge in [0.05, 0.1) is 6.10 Å². The van der Waals surface area contributed by atoms with Crippen LogP contribution in [0.25, 0.3) is 0 Å². The van der Waals surface area contributed by atoms with Crippen LogP contribution in [0.3, 0.4) is 0 Å². The van der Waals surface area contributed by atoms with Crippen molar-refractivity contribution >= 4 is 5.91 Å². The van der Waals surface area contributed by atoms with Crippen molar-refractivity contribution in [2.45, 2.75) is 51.2 Å². The first-order chi connectivity index (χ1) is 9.72. The zero-order chi connectivity index (χ0) is 15.7. The van der Waals surface area contributed by atoms with Crippen molar-refractivity contribution in [3.63, 3.8) is 0 Å². The zero-order valence-corrected chi connectivity index (χ0v) is 13.3. The molecule has 0 bridgehead atoms. The summed E-state index contributed by atoms with van der Waals surface area (Å²) in [7, 11) is 0. The minimum Gasteiger partial charge on any atom is -0.385 e. The van der Waals surface area contributed by atoms with E-state index in [1.165, 1.54) is 5.56 Å². The van der Waals surface area contributed by atoms with Crippen molar-refractivity contribution in [3.8, 4) is 0 Å². The van der Waals surface area contributed by atoms with Crippen molar-refractivity contribution < 1.29 is 14.6 Å². The molecular weight excluding hydrogens is 266 g/mol. The second-order valence-corrected chi connectivity index (χ2v) is 6.88. The molecular formula is C17H25NO3. The number of carbonyl (C=O) groups excluding carboxylic acids is 1. The second-order valence-electron chi connectivity index (χ2n) is 6.88. The largest absolute Gasteiger partial charge is 0.385 e. The van der Waals surface area contributed by atoms with Gasteiger partial charge in [0.1, 0.15) is 5.60 Å². The Morgan fingerprint density at radius 2 is 2.00 bits per heavy atom. The molecule has 1 aromatic carbocycles. The molecule has 2 atom stereocenters. The van der Waals surface area contributed by atoms with Crippen molar-refractivity contribution in [2.75, 3.05) is 13.2 Å². The van der Waals surface area contributed by atoms with Gasteiger partial charge in [-0.2, -0.15) is 0 Å². The monoisotopic (exact) mass is 291 g/mol. The highest BCUT2D eigenvalue weighted by atomic mass is 16.5. The summed E-state index contributed by atoms with van der Waals surface area (Å²) in [6, 6.07) is 7.61. The van der Waals surface area contributed by atoms with Gasteiger partial charge in [0.2, 0.25) is 0 Å². The van der Waals surface area contributed by atoms with Gasteiger partial charge in [-0.1, -0.05) is 32.9 Å². The molecule has 1 aliphatic heterocycles. The molecule has 1 aromatic rings. The average Bonchev–Trinajstić information content (AvgIpc) is 2.76. The molecule has 2 rings (SSSR count). The molecule has 4 heteroatoms. The van der Waals surface area contributed by atoms with Gasteiger partial charge in [0, 0.05) is 25.1 Å². The van der Waals surface area contributed by atoms with Gasteiger partial charge in [-0.15, -0.1) is 0 Å². The lowest BCUT2D eigenvalue weighted by Crippen LogP contribution is -2.47. The lowest BCUT2D eigenvalue weighted by atomic mass is 9.86. The minimum absolute atomic E-state index is 0.0702. The number of ether oxygens (including phenoxy) is 1. The van der Waals surface area contributed by atoms with E-state index < -0.39 is 5.60 Å². The summed E-state index contributed by atoms with van der Waals surface area (Å²) < 4.78 is 5.36. The van der Waals surface area contributed by atoms with E-state index in [1.54, 1.807) is 0 Å². The van der Waals surface area contributed by atoms with E-state index >= 15 is 0 Å². The Morgan fingerprint density at radius 3 is 2.48 bits per heavy atom. The van der Waals surface area contributed by atoms with Crippen LogP contribution >= 0.6 is 0 Å². The fourth-order valence-corrected chi connectivity index (χ4v) is 2.46. The maximum absolute atomic E-state index is 12.1. The number of benzene rings is 1. The Balaban J connectivity index is 1.98. The fraction of sp³-hybridized carbons (Fsp3) is 0.588. The SMILES string of the molecule is CC1OCCC1(O)CNC(=O)c1ccc(C(C)(C)C)cc1. The second kappa shape index (κ2) is 5.78. The number of hydrogen-bond donors (Lipinski definition) is 2. The van der Waals surface area contributed by atoms with E-state index in [0.29, 0.717) is 18.6 Å². The molecule has 0 spiro atoms. The van der Waals surface area contributed by atoms with E-state index in [4.69, 9.17) is 4.74 Å². The first-order valence-corrected chi connectivity index (χ1v) is 7.45. The first-order valence-electron chi connectivity index (χ1n) is 7.45. The maximum Gasteiger partial charge on any atom is 0.251 e. The van der Waals surface area contributed by atoms with Crippen LogP contribution in [0.5, 0.6) is 0 Å². The van der Waals surface area contributed by atoms with Gasteiger partial charge >= 0.3 is 0 Å². The molecule has 116 valence electrons. The molecule has 1 saturated heterocycles. The smallest absolute Gasteiger partial charge is 0.251 e. The third kappa shape index (κ3) is 3.63. The van der Waals surface area contributed by atoms with E-state index in [1.807, 2.05) is 31.2 Å². The number of aliphatic hydroxyl groups is 1. The minimum atomic E-state index is -0.957. The third-order valence-corrected chi connectivity index (χ3v) is 4.23. The number of hydrogen-bond acceptors (Lipinski definition) is 3. The summed E-state index contributed by atoms with van der Waals surface area (Å²) in [6.07, 6.45) is 0.304. The van der Waals surface area contributed by atoms with Gasteiger partial charge in [-0.05, 0) is 30.0 Å². The zero-order valence-electron chi connectivity index (χ0n) is 13.3. The van der Waals surface area contributed by atoms with Gasteiger partial charge in [0.25, 0.3) is 5.91 Å². The summed E-state index contributed by atoms with van der Waals surface area (Å²) in [5.41, 5.74) is 0.913. The molecule has 0 aliphatic carbocycles. The van der Waals surface area contributed by atoms with E-state index in [2.05, 4.69) is 26.1 Å².